The number of methoxy groups -OCH3 is 1. The number of benzene rings is 1. The number of sulfonamides is 1. The Balaban J connectivity index is 3.25. The van der Waals surface area contributed by atoms with Crippen LogP contribution in [-0.4, -0.2) is 52.0 Å². The molecule has 1 rings (SSSR count). The molecule has 5 nitrogen and oxygen atoms in total. The summed E-state index contributed by atoms with van der Waals surface area (Å²) in [5.74, 6) is 6.58. The summed E-state index contributed by atoms with van der Waals surface area (Å²) >= 11 is 1.59. The van der Waals surface area contributed by atoms with E-state index in [0.29, 0.717) is 17.9 Å². The molecule has 1 aromatic carbocycles. The van der Waals surface area contributed by atoms with E-state index >= 15 is 0 Å². The second-order valence-corrected chi connectivity index (χ2v) is 7.19. The van der Waals surface area contributed by atoms with Crippen LogP contribution in [0.25, 0.3) is 0 Å². The van der Waals surface area contributed by atoms with Crippen LogP contribution in [0.5, 0.6) is 5.75 Å². The molecular weight excluding hydrogens is 308 g/mol. The van der Waals surface area contributed by atoms with Crippen molar-refractivity contribution in [1.82, 2.24) is 4.31 Å². The Hall–Kier alpha value is -1.20. The van der Waals surface area contributed by atoms with Crippen LogP contribution in [0.15, 0.2) is 23.1 Å². The monoisotopic (exact) mass is 328 g/mol. The summed E-state index contributed by atoms with van der Waals surface area (Å²) in [4.78, 5) is 0.123. The molecule has 0 aromatic heterocycles. The maximum atomic E-state index is 12.6. The van der Waals surface area contributed by atoms with Crippen LogP contribution in [0.1, 0.15) is 5.56 Å². The fourth-order valence-electron chi connectivity index (χ4n) is 1.62. The molecule has 0 saturated carbocycles. The largest absolute Gasteiger partial charge is 0.495 e. The minimum Gasteiger partial charge on any atom is -0.495 e. The van der Waals surface area contributed by atoms with Gasteiger partial charge in [-0.15, -0.1) is 0 Å². The zero-order valence-electron chi connectivity index (χ0n) is 12.4. The van der Waals surface area contributed by atoms with Crippen molar-refractivity contribution in [2.24, 2.45) is 5.73 Å². The topological polar surface area (TPSA) is 72.6 Å². The van der Waals surface area contributed by atoms with Crippen LogP contribution in [0.3, 0.4) is 0 Å². The Morgan fingerprint density at radius 3 is 2.71 bits per heavy atom. The molecule has 1 aromatic rings. The first-order valence-electron chi connectivity index (χ1n) is 6.29. The summed E-state index contributed by atoms with van der Waals surface area (Å²) in [5, 5.41) is 0. The number of nitrogens with two attached hydrogens (primary N) is 1. The molecule has 0 heterocycles. The maximum Gasteiger partial charge on any atom is 0.246 e. The van der Waals surface area contributed by atoms with Crippen molar-refractivity contribution in [3.05, 3.63) is 23.8 Å². The first-order valence-corrected chi connectivity index (χ1v) is 9.13. The summed E-state index contributed by atoms with van der Waals surface area (Å²) in [6, 6.07) is 4.84. The summed E-state index contributed by atoms with van der Waals surface area (Å²) in [6.07, 6.45) is 1.93. The van der Waals surface area contributed by atoms with Crippen LogP contribution in [0.2, 0.25) is 0 Å². The highest BCUT2D eigenvalue weighted by molar-refractivity contribution is 7.98. The molecule has 0 unspecified atom stereocenters. The summed E-state index contributed by atoms with van der Waals surface area (Å²) in [5.41, 5.74) is 5.93. The average Bonchev–Trinajstić information content (AvgIpc) is 2.50. The second kappa shape index (κ2) is 8.29. The highest BCUT2D eigenvalue weighted by atomic mass is 32.2. The number of nitrogens with zero attached hydrogens (tertiary/aromatic N) is 1. The van der Waals surface area contributed by atoms with E-state index in [1.807, 2.05) is 6.26 Å². The molecule has 0 saturated heterocycles. The SMILES string of the molecule is COc1ccc(C#CCN)cc1S(=O)(=O)N(C)CCSC. The van der Waals surface area contributed by atoms with Gasteiger partial charge in [0.2, 0.25) is 10.0 Å². The third-order valence-corrected chi connectivity index (χ3v) is 5.27. The molecule has 116 valence electrons. The molecule has 0 fully saturated rings. The zero-order valence-corrected chi connectivity index (χ0v) is 14.1. The van der Waals surface area contributed by atoms with Gasteiger partial charge in [0.15, 0.2) is 0 Å². The van der Waals surface area contributed by atoms with Crippen LogP contribution in [-0.2, 0) is 10.0 Å². The highest BCUT2D eigenvalue weighted by Gasteiger charge is 2.24. The smallest absolute Gasteiger partial charge is 0.246 e. The third-order valence-electron chi connectivity index (χ3n) is 2.80. The molecule has 0 radical (unpaired) electrons. The van der Waals surface area contributed by atoms with Gasteiger partial charge in [-0.25, -0.2) is 8.42 Å². The standard InChI is InChI=1S/C14H20N2O3S2/c1-16(9-10-20-3)21(17,18)14-11-12(5-4-8-15)6-7-13(14)19-2/h6-7,11H,8-10,15H2,1-3H3. The molecule has 0 atom stereocenters. The number of rotatable bonds is 6. The van der Waals surface area contributed by atoms with Gasteiger partial charge in [0.05, 0.1) is 13.7 Å². The lowest BCUT2D eigenvalue weighted by Crippen LogP contribution is -2.29. The quantitative estimate of drug-likeness (QED) is 0.789. The lowest BCUT2D eigenvalue weighted by atomic mass is 10.2. The zero-order chi connectivity index (χ0) is 15.9. The van der Waals surface area contributed by atoms with Crippen molar-refractivity contribution in [2.75, 3.05) is 39.3 Å². The van der Waals surface area contributed by atoms with Gasteiger partial charge in [0, 0.05) is 24.9 Å². The second-order valence-electron chi connectivity index (χ2n) is 4.19. The molecule has 21 heavy (non-hydrogen) atoms. The van der Waals surface area contributed by atoms with Gasteiger partial charge in [-0.2, -0.15) is 16.1 Å². The third kappa shape index (κ3) is 4.64. The van der Waals surface area contributed by atoms with Crippen molar-refractivity contribution in [2.45, 2.75) is 4.90 Å². The van der Waals surface area contributed by atoms with E-state index in [-0.39, 0.29) is 11.4 Å². The van der Waals surface area contributed by atoms with E-state index in [2.05, 4.69) is 11.8 Å². The van der Waals surface area contributed by atoms with Crippen LogP contribution in [0.4, 0.5) is 0 Å². The molecule has 0 aliphatic rings. The molecule has 0 spiro atoms. The van der Waals surface area contributed by atoms with Crippen molar-refractivity contribution in [3.63, 3.8) is 0 Å². The molecule has 7 heteroatoms. The van der Waals surface area contributed by atoms with Gasteiger partial charge in [-0.1, -0.05) is 11.8 Å². The average molecular weight is 328 g/mol. The highest BCUT2D eigenvalue weighted by Crippen LogP contribution is 2.27. The molecule has 0 aliphatic heterocycles. The molecule has 0 amide bonds. The number of ether oxygens (including phenoxy) is 1. The molecular formula is C14H20N2O3S2. The first-order chi connectivity index (χ1) is 9.97. The van der Waals surface area contributed by atoms with E-state index in [9.17, 15) is 8.42 Å². The molecule has 2 N–H and O–H groups in total. The maximum absolute atomic E-state index is 12.6. The Morgan fingerprint density at radius 2 is 2.14 bits per heavy atom. The van der Waals surface area contributed by atoms with Crippen LogP contribution >= 0.6 is 11.8 Å². The van der Waals surface area contributed by atoms with Crippen LogP contribution in [0, 0.1) is 11.8 Å². The van der Waals surface area contributed by atoms with Gasteiger partial charge < -0.3 is 10.5 Å². The predicted octanol–water partition coefficient (Wildman–Crippen LogP) is 0.989. The van der Waals surface area contributed by atoms with Crippen molar-refractivity contribution in [1.29, 1.82) is 0 Å². The Bertz CT molecular complexity index is 633. The van der Waals surface area contributed by atoms with E-state index in [1.54, 1.807) is 30.9 Å². The molecule has 0 aliphatic carbocycles. The normalized spacial score (nSPS) is 11.1. The molecule has 0 bridgehead atoms. The number of hydrogen-bond acceptors (Lipinski definition) is 5. The fourth-order valence-corrected chi connectivity index (χ4v) is 3.54. The van der Waals surface area contributed by atoms with Gasteiger partial charge >= 0.3 is 0 Å². The summed E-state index contributed by atoms with van der Waals surface area (Å²) < 4.78 is 31.7. The van der Waals surface area contributed by atoms with Gasteiger partial charge in [0.25, 0.3) is 0 Å². The Morgan fingerprint density at radius 1 is 1.43 bits per heavy atom. The number of thioether (sulfide) groups is 1. The Labute approximate surface area is 130 Å². The number of hydrogen-bond donors (Lipinski definition) is 1. The van der Waals surface area contributed by atoms with Crippen molar-refractivity contribution < 1.29 is 13.2 Å². The van der Waals surface area contributed by atoms with Crippen LogP contribution < -0.4 is 10.5 Å². The summed E-state index contributed by atoms with van der Waals surface area (Å²) in [7, 11) is -0.601. The lowest BCUT2D eigenvalue weighted by molar-refractivity contribution is 0.399. The lowest BCUT2D eigenvalue weighted by Gasteiger charge is -2.18. The van der Waals surface area contributed by atoms with E-state index < -0.39 is 10.0 Å². The minimum absolute atomic E-state index is 0.123. The Kier molecular flexibility index (Phi) is 7.05. The van der Waals surface area contributed by atoms with Gasteiger partial charge in [-0.3, -0.25) is 0 Å². The van der Waals surface area contributed by atoms with E-state index in [1.165, 1.54) is 17.5 Å². The van der Waals surface area contributed by atoms with E-state index in [4.69, 9.17) is 10.5 Å². The van der Waals surface area contributed by atoms with Gasteiger partial charge in [-0.05, 0) is 24.5 Å². The fraction of sp³-hybridized carbons (Fsp3) is 0.429. The summed E-state index contributed by atoms with van der Waals surface area (Å²) in [6.45, 7) is 0.660. The minimum atomic E-state index is -3.61. The van der Waals surface area contributed by atoms with E-state index in [0.717, 1.165) is 5.75 Å². The predicted molar refractivity (Wildman–Crippen MR) is 87.1 cm³/mol. The van der Waals surface area contributed by atoms with Crippen molar-refractivity contribution >= 4 is 21.8 Å². The van der Waals surface area contributed by atoms with Crippen molar-refractivity contribution in [3.8, 4) is 17.6 Å². The van der Waals surface area contributed by atoms with Gasteiger partial charge in [0.1, 0.15) is 10.6 Å². The first kappa shape index (κ1) is 17.9.